The Bertz CT molecular complexity index is 1410. The highest BCUT2D eigenvalue weighted by atomic mass is 16.5. The molecule has 6 heterocycles. The molecule has 0 saturated carbocycles. The van der Waals surface area contributed by atoms with Gasteiger partial charge in [0.2, 0.25) is 0 Å². The van der Waals surface area contributed by atoms with E-state index in [1.807, 2.05) is 30.7 Å². The van der Waals surface area contributed by atoms with Crippen LogP contribution in [0.15, 0.2) is 49.1 Å². The molecule has 1 aliphatic heterocycles. The van der Waals surface area contributed by atoms with Crippen LogP contribution in [0.5, 0.6) is 5.75 Å². The van der Waals surface area contributed by atoms with Crippen molar-refractivity contribution >= 4 is 27.8 Å². The molecule has 8 heteroatoms. The van der Waals surface area contributed by atoms with Gasteiger partial charge in [0.1, 0.15) is 11.6 Å². The highest BCUT2D eigenvalue weighted by molar-refractivity contribution is 5.99. The summed E-state index contributed by atoms with van der Waals surface area (Å²) in [4.78, 5) is 19.5. The van der Waals surface area contributed by atoms with Gasteiger partial charge in [-0.2, -0.15) is 5.10 Å². The number of nitrogens with one attached hydrogen (secondary N) is 2. The van der Waals surface area contributed by atoms with Crippen LogP contribution in [0.4, 0.5) is 5.82 Å². The minimum Gasteiger partial charge on any atom is -0.495 e. The van der Waals surface area contributed by atoms with Crippen LogP contribution in [0.25, 0.3) is 44.5 Å². The van der Waals surface area contributed by atoms with Crippen molar-refractivity contribution in [1.29, 1.82) is 0 Å². The smallest absolute Gasteiger partial charge is 0.181 e. The molecule has 0 bridgehead atoms. The Morgan fingerprint density at radius 1 is 0.938 bits per heavy atom. The van der Waals surface area contributed by atoms with Gasteiger partial charge >= 0.3 is 0 Å². The lowest BCUT2D eigenvalue weighted by atomic mass is 10.1. The molecule has 1 aliphatic rings. The van der Waals surface area contributed by atoms with E-state index in [1.54, 1.807) is 13.3 Å². The number of aromatic nitrogens is 6. The largest absolute Gasteiger partial charge is 0.495 e. The van der Waals surface area contributed by atoms with Crippen LogP contribution in [-0.4, -0.2) is 50.3 Å². The fraction of sp³-hybridized carbons (Fsp3) is 0.250. The van der Waals surface area contributed by atoms with Crippen molar-refractivity contribution < 1.29 is 4.74 Å². The second-order valence-corrected chi connectivity index (χ2v) is 8.13. The third kappa shape index (κ3) is 3.15. The van der Waals surface area contributed by atoms with Gasteiger partial charge in [0.05, 0.1) is 30.2 Å². The summed E-state index contributed by atoms with van der Waals surface area (Å²) in [5, 5.41) is 9.68. The number of rotatable bonds is 4. The molecule has 0 spiro atoms. The molecule has 5 aromatic heterocycles. The quantitative estimate of drug-likeness (QED) is 0.438. The molecule has 8 nitrogen and oxygen atoms in total. The molecule has 0 aromatic carbocycles. The minimum absolute atomic E-state index is 0.674. The first kappa shape index (κ1) is 18.8. The van der Waals surface area contributed by atoms with Gasteiger partial charge < -0.3 is 14.6 Å². The van der Waals surface area contributed by atoms with E-state index in [4.69, 9.17) is 9.72 Å². The van der Waals surface area contributed by atoms with Crippen LogP contribution in [0.1, 0.15) is 19.3 Å². The summed E-state index contributed by atoms with van der Waals surface area (Å²) in [5.41, 5.74) is 5.52. The molecular formula is C24H23N7O. The van der Waals surface area contributed by atoms with Crippen molar-refractivity contribution in [2.45, 2.75) is 19.3 Å². The normalized spacial score (nSPS) is 14.3. The van der Waals surface area contributed by atoms with E-state index in [2.05, 4.69) is 42.2 Å². The molecule has 0 atom stereocenters. The predicted molar refractivity (Wildman–Crippen MR) is 125 cm³/mol. The molecule has 0 unspecified atom stereocenters. The first-order chi connectivity index (χ1) is 15.8. The van der Waals surface area contributed by atoms with Crippen LogP contribution < -0.4 is 9.64 Å². The van der Waals surface area contributed by atoms with E-state index in [-0.39, 0.29) is 0 Å². The molecule has 5 aromatic rings. The fourth-order valence-electron chi connectivity index (χ4n) is 4.48. The zero-order chi connectivity index (χ0) is 21.5. The number of nitrogens with zero attached hydrogens (tertiary/aromatic N) is 5. The summed E-state index contributed by atoms with van der Waals surface area (Å²) in [6.07, 6.45) is 10.9. The van der Waals surface area contributed by atoms with E-state index in [1.165, 1.54) is 19.3 Å². The Morgan fingerprint density at radius 3 is 2.69 bits per heavy atom. The van der Waals surface area contributed by atoms with Gasteiger partial charge in [0.25, 0.3) is 0 Å². The number of anilines is 1. The van der Waals surface area contributed by atoms with Gasteiger partial charge in [-0.05, 0) is 43.5 Å². The third-order valence-electron chi connectivity index (χ3n) is 6.14. The fourth-order valence-corrected chi connectivity index (χ4v) is 4.48. The van der Waals surface area contributed by atoms with Crippen LogP contribution in [0.2, 0.25) is 0 Å². The molecule has 0 aliphatic carbocycles. The molecule has 32 heavy (non-hydrogen) atoms. The Kier molecular flexibility index (Phi) is 4.49. The zero-order valence-electron chi connectivity index (χ0n) is 17.8. The maximum atomic E-state index is 5.32. The lowest BCUT2D eigenvalue weighted by molar-refractivity contribution is 0.413. The molecule has 6 rings (SSSR count). The number of H-pyrrole nitrogens is 2. The topological polar surface area (TPSA) is 95.6 Å². The van der Waals surface area contributed by atoms with Crippen molar-refractivity contribution in [2.24, 2.45) is 0 Å². The third-order valence-corrected chi connectivity index (χ3v) is 6.14. The number of aromatic amines is 2. The number of pyridine rings is 3. The number of methoxy groups -OCH3 is 1. The summed E-state index contributed by atoms with van der Waals surface area (Å²) in [7, 11) is 1.64. The van der Waals surface area contributed by atoms with Gasteiger partial charge in [0.15, 0.2) is 5.65 Å². The zero-order valence-corrected chi connectivity index (χ0v) is 17.8. The molecule has 2 N–H and O–H groups in total. The van der Waals surface area contributed by atoms with E-state index < -0.39 is 0 Å². The van der Waals surface area contributed by atoms with E-state index >= 15 is 0 Å². The maximum Gasteiger partial charge on any atom is 0.181 e. The Labute approximate surface area is 184 Å². The van der Waals surface area contributed by atoms with Gasteiger partial charge in [-0.1, -0.05) is 0 Å². The molecule has 1 saturated heterocycles. The first-order valence-electron chi connectivity index (χ1n) is 10.9. The molecule has 1 fully saturated rings. The predicted octanol–water partition coefficient (Wildman–Crippen LogP) is 4.56. The van der Waals surface area contributed by atoms with Crippen LogP contribution >= 0.6 is 0 Å². The SMILES string of the molecule is COc1cncc(-c2cnc3n[nH]c(-c4cc5c(N6CCCCC6)nccc5[nH]4)c3c2)c1. The number of fused-ring (bicyclic) bond motifs is 2. The Hall–Kier alpha value is -3.94. The molecule has 0 radical (unpaired) electrons. The van der Waals surface area contributed by atoms with Gasteiger partial charge in [-0.25, -0.2) is 9.97 Å². The molecule has 160 valence electrons. The number of hydrogen-bond donors (Lipinski definition) is 2. The lowest BCUT2D eigenvalue weighted by Crippen LogP contribution is -2.30. The Balaban J connectivity index is 1.45. The maximum absolute atomic E-state index is 5.32. The van der Waals surface area contributed by atoms with E-state index in [0.717, 1.165) is 57.7 Å². The minimum atomic E-state index is 0.674. The molecule has 0 amide bonds. The van der Waals surface area contributed by atoms with Crippen molar-refractivity contribution in [3.8, 4) is 28.3 Å². The second kappa shape index (κ2) is 7.64. The van der Waals surface area contributed by atoms with E-state index in [9.17, 15) is 0 Å². The number of ether oxygens (including phenoxy) is 1. The summed E-state index contributed by atoms with van der Waals surface area (Å²) in [6.45, 7) is 2.11. The summed E-state index contributed by atoms with van der Waals surface area (Å²) in [5.74, 6) is 1.76. The number of hydrogen-bond acceptors (Lipinski definition) is 6. The van der Waals surface area contributed by atoms with Crippen molar-refractivity contribution in [3.05, 3.63) is 49.1 Å². The summed E-state index contributed by atoms with van der Waals surface area (Å²) < 4.78 is 5.32. The average molecular weight is 425 g/mol. The highest BCUT2D eigenvalue weighted by Crippen LogP contribution is 2.34. The molecular weight excluding hydrogens is 402 g/mol. The monoisotopic (exact) mass is 425 g/mol. The Morgan fingerprint density at radius 2 is 1.81 bits per heavy atom. The van der Waals surface area contributed by atoms with Gasteiger partial charge in [-0.15, -0.1) is 0 Å². The van der Waals surface area contributed by atoms with Gasteiger partial charge in [0, 0.05) is 53.6 Å². The second-order valence-electron chi connectivity index (χ2n) is 8.13. The highest BCUT2D eigenvalue weighted by Gasteiger charge is 2.18. The number of piperidine rings is 1. The van der Waals surface area contributed by atoms with E-state index in [0.29, 0.717) is 11.4 Å². The summed E-state index contributed by atoms with van der Waals surface area (Å²) >= 11 is 0. The standard InChI is InChI=1S/C24H23N7O/c1-32-17-9-15(12-25-14-17)16-10-19-22(29-30-23(19)27-13-16)21-11-18-20(28-21)5-6-26-24(18)31-7-3-2-4-8-31/h5-6,9-14,28H,2-4,7-8H2,1H3,(H,27,29,30). The first-order valence-corrected chi connectivity index (χ1v) is 10.9. The average Bonchev–Trinajstić information content (AvgIpc) is 3.48. The van der Waals surface area contributed by atoms with Crippen LogP contribution in [0, 0.1) is 0 Å². The van der Waals surface area contributed by atoms with Crippen LogP contribution in [0.3, 0.4) is 0 Å². The van der Waals surface area contributed by atoms with Crippen molar-refractivity contribution in [1.82, 2.24) is 30.1 Å². The summed E-state index contributed by atoms with van der Waals surface area (Å²) in [6, 6.07) is 8.23. The van der Waals surface area contributed by atoms with Crippen molar-refractivity contribution in [3.63, 3.8) is 0 Å². The van der Waals surface area contributed by atoms with Crippen molar-refractivity contribution in [2.75, 3.05) is 25.1 Å². The van der Waals surface area contributed by atoms with Gasteiger partial charge in [-0.3, -0.25) is 10.1 Å². The lowest BCUT2D eigenvalue weighted by Gasteiger charge is -2.28. The van der Waals surface area contributed by atoms with Crippen LogP contribution in [-0.2, 0) is 0 Å².